The Labute approximate surface area is 116 Å². The van der Waals surface area contributed by atoms with Crippen LogP contribution in [0.3, 0.4) is 0 Å². The lowest BCUT2D eigenvalue weighted by Gasteiger charge is -2.27. The standard InChI is InChI=1S/C15H25NOS/c1-4-14(2)16(10-12-17-3)11-13-18-15-8-6-5-7-9-15/h5-9,14H,4,10-13H2,1-3H3. The fraction of sp³-hybridized carbons (Fsp3) is 0.600. The lowest BCUT2D eigenvalue weighted by atomic mass is 10.2. The molecule has 0 radical (unpaired) electrons. The Morgan fingerprint density at radius 1 is 1.22 bits per heavy atom. The van der Waals surface area contributed by atoms with Crippen molar-refractivity contribution in [2.45, 2.75) is 31.2 Å². The topological polar surface area (TPSA) is 12.5 Å². The summed E-state index contributed by atoms with van der Waals surface area (Å²) < 4.78 is 5.18. The number of hydrogen-bond donors (Lipinski definition) is 0. The normalized spacial score (nSPS) is 12.9. The molecule has 0 aliphatic carbocycles. The van der Waals surface area contributed by atoms with Crippen molar-refractivity contribution in [3.8, 4) is 0 Å². The summed E-state index contributed by atoms with van der Waals surface area (Å²) in [5, 5.41) is 0. The van der Waals surface area contributed by atoms with Gasteiger partial charge < -0.3 is 4.74 Å². The van der Waals surface area contributed by atoms with Crippen LogP contribution >= 0.6 is 11.8 Å². The summed E-state index contributed by atoms with van der Waals surface area (Å²) >= 11 is 1.93. The van der Waals surface area contributed by atoms with Crippen LogP contribution in [0.5, 0.6) is 0 Å². The molecule has 0 aromatic heterocycles. The zero-order valence-electron chi connectivity index (χ0n) is 11.8. The molecule has 0 fully saturated rings. The molecule has 0 saturated heterocycles. The van der Waals surface area contributed by atoms with Gasteiger partial charge in [-0.2, -0.15) is 0 Å². The average molecular weight is 267 g/mol. The van der Waals surface area contributed by atoms with E-state index in [0.717, 1.165) is 25.4 Å². The lowest BCUT2D eigenvalue weighted by molar-refractivity contribution is 0.128. The van der Waals surface area contributed by atoms with E-state index in [1.165, 1.54) is 11.3 Å². The van der Waals surface area contributed by atoms with E-state index in [0.29, 0.717) is 6.04 Å². The summed E-state index contributed by atoms with van der Waals surface area (Å²) in [6.45, 7) is 7.51. The predicted molar refractivity (Wildman–Crippen MR) is 80.4 cm³/mol. The van der Waals surface area contributed by atoms with Crippen molar-refractivity contribution in [1.29, 1.82) is 0 Å². The number of thioether (sulfide) groups is 1. The first kappa shape index (κ1) is 15.5. The second kappa shape index (κ2) is 9.42. The van der Waals surface area contributed by atoms with Crippen LogP contribution in [0, 0.1) is 0 Å². The molecule has 0 saturated carbocycles. The average Bonchev–Trinajstić information content (AvgIpc) is 2.43. The molecule has 0 heterocycles. The first-order valence-corrected chi connectivity index (χ1v) is 7.67. The van der Waals surface area contributed by atoms with E-state index >= 15 is 0 Å². The van der Waals surface area contributed by atoms with Crippen molar-refractivity contribution in [2.75, 3.05) is 32.6 Å². The largest absolute Gasteiger partial charge is 0.383 e. The molecule has 18 heavy (non-hydrogen) atoms. The maximum atomic E-state index is 5.18. The number of hydrogen-bond acceptors (Lipinski definition) is 3. The Hall–Kier alpha value is -0.510. The molecule has 0 N–H and O–H groups in total. The molecule has 1 aromatic rings. The second-order valence-electron chi connectivity index (χ2n) is 4.45. The molecule has 102 valence electrons. The molecule has 1 atom stereocenters. The number of methoxy groups -OCH3 is 1. The highest BCUT2D eigenvalue weighted by Gasteiger charge is 2.11. The molecule has 1 aromatic carbocycles. The molecule has 1 rings (SSSR count). The Morgan fingerprint density at radius 2 is 1.94 bits per heavy atom. The van der Waals surface area contributed by atoms with E-state index < -0.39 is 0 Å². The van der Waals surface area contributed by atoms with Gasteiger partial charge in [-0.25, -0.2) is 0 Å². The molecular weight excluding hydrogens is 242 g/mol. The van der Waals surface area contributed by atoms with Gasteiger partial charge in [0.2, 0.25) is 0 Å². The first-order chi connectivity index (χ1) is 8.77. The quantitative estimate of drug-likeness (QED) is 0.635. The van der Waals surface area contributed by atoms with Gasteiger partial charge in [0.05, 0.1) is 6.61 Å². The van der Waals surface area contributed by atoms with Gasteiger partial charge in [0.1, 0.15) is 0 Å². The van der Waals surface area contributed by atoms with Gasteiger partial charge in [-0.1, -0.05) is 25.1 Å². The van der Waals surface area contributed by atoms with Crippen LogP contribution < -0.4 is 0 Å². The summed E-state index contributed by atoms with van der Waals surface area (Å²) in [6.07, 6.45) is 1.19. The summed E-state index contributed by atoms with van der Waals surface area (Å²) in [4.78, 5) is 3.87. The minimum absolute atomic E-state index is 0.636. The first-order valence-electron chi connectivity index (χ1n) is 6.68. The van der Waals surface area contributed by atoms with Gasteiger partial charge in [0, 0.05) is 36.9 Å². The van der Waals surface area contributed by atoms with Crippen molar-refractivity contribution in [1.82, 2.24) is 4.90 Å². The van der Waals surface area contributed by atoms with Gasteiger partial charge in [0.25, 0.3) is 0 Å². The number of nitrogens with zero attached hydrogens (tertiary/aromatic N) is 1. The number of rotatable bonds is 9. The van der Waals surface area contributed by atoms with Crippen molar-refractivity contribution in [3.05, 3.63) is 30.3 Å². The smallest absolute Gasteiger partial charge is 0.0589 e. The minimum atomic E-state index is 0.636. The summed E-state index contributed by atoms with van der Waals surface area (Å²) in [6, 6.07) is 11.2. The molecule has 2 nitrogen and oxygen atoms in total. The van der Waals surface area contributed by atoms with E-state index in [-0.39, 0.29) is 0 Å². The monoisotopic (exact) mass is 267 g/mol. The summed E-state index contributed by atoms with van der Waals surface area (Å²) in [7, 11) is 1.77. The maximum Gasteiger partial charge on any atom is 0.0589 e. The molecule has 0 amide bonds. The van der Waals surface area contributed by atoms with Crippen LogP contribution in [-0.2, 0) is 4.74 Å². The van der Waals surface area contributed by atoms with E-state index in [4.69, 9.17) is 4.74 Å². The third kappa shape index (κ3) is 5.89. The molecule has 0 aliphatic heterocycles. The number of ether oxygens (including phenoxy) is 1. The molecule has 0 aliphatic rings. The van der Waals surface area contributed by atoms with Crippen LogP contribution in [-0.4, -0.2) is 43.5 Å². The molecular formula is C15H25NOS. The van der Waals surface area contributed by atoms with E-state index in [1.807, 2.05) is 11.8 Å². The van der Waals surface area contributed by atoms with E-state index in [9.17, 15) is 0 Å². The van der Waals surface area contributed by atoms with Crippen molar-refractivity contribution >= 4 is 11.8 Å². The molecule has 3 heteroatoms. The fourth-order valence-electron chi connectivity index (χ4n) is 1.82. The second-order valence-corrected chi connectivity index (χ2v) is 5.62. The zero-order valence-corrected chi connectivity index (χ0v) is 12.6. The van der Waals surface area contributed by atoms with Crippen LogP contribution in [0.1, 0.15) is 20.3 Å². The highest BCUT2D eigenvalue weighted by Crippen LogP contribution is 2.17. The molecule has 0 spiro atoms. The van der Waals surface area contributed by atoms with E-state index in [2.05, 4.69) is 49.1 Å². The number of benzene rings is 1. The van der Waals surface area contributed by atoms with Crippen molar-refractivity contribution in [3.63, 3.8) is 0 Å². The Morgan fingerprint density at radius 3 is 2.56 bits per heavy atom. The van der Waals surface area contributed by atoms with Gasteiger partial charge in [-0.05, 0) is 25.5 Å². The van der Waals surface area contributed by atoms with Crippen LogP contribution in [0.2, 0.25) is 0 Å². The highest BCUT2D eigenvalue weighted by molar-refractivity contribution is 7.99. The summed E-state index contributed by atoms with van der Waals surface area (Å²) in [5.74, 6) is 1.14. The van der Waals surface area contributed by atoms with Crippen LogP contribution in [0.4, 0.5) is 0 Å². The highest BCUT2D eigenvalue weighted by atomic mass is 32.2. The third-order valence-corrected chi connectivity index (χ3v) is 4.18. The SMILES string of the molecule is CCC(C)N(CCOC)CCSc1ccccc1. The van der Waals surface area contributed by atoms with E-state index in [1.54, 1.807) is 7.11 Å². The van der Waals surface area contributed by atoms with Gasteiger partial charge in [-0.3, -0.25) is 4.90 Å². The molecule has 1 unspecified atom stereocenters. The predicted octanol–water partition coefficient (Wildman–Crippen LogP) is 3.53. The van der Waals surface area contributed by atoms with Crippen molar-refractivity contribution in [2.24, 2.45) is 0 Å². The van der Waals surface area contributed by atoms with Crippen LogP contribution in [0.15, 0.2) is 35.2 Å². The van der Waals surface area contributed by atoms with Gasteiger partial charge in [-0.15, -0.1) is 11.8 Å². The Bertz CT molecular complexity index is 305. The fourth-order valence-corrected chi connectivity index (χ4v) is 2.73. The van der Waals surface area contributed by atoms with Gasteiger partial charge >= 0.3 is 0 Å². The summed E-state index contributed by atoms with van der Waals surface area (Å²) in [5.41, 5.74) is 0. The molecule has 0 bridgehead atoms. The zero-order chi connectivity index (χ0) is 13.2. The van der Waals surface area contributed by atoms with Gasteiger partial charge in [0.15, 0.2) is 0 Å². The van der Waals surface area contributed by atoms with Crippen LogP contribution in [0.25, 0.3) is 0 Å². The third-order valence-electron chi connectivity index (χ3n) is 3.19. The van der Waals surface area contributed by atoms with Crippen molar-refractivity contribution < 1.29 is 4.74 Å². The lowest BCUT2D eigenvalue weighted by Crippen LogP contribution is -2.37. The maximum absolute atomic E-state index is 5.18. The minimum Gasteiger partial charge on any atom is -0.383 e. The Kier molecular flexibility index (Phi) is 8.14. The Balaban J connectivity index is 2.32.